The molecule has 3 aliphatic rings. The highest BCUT2D eigenvalue weighted by atomic mass is 16.4. The molecule has 5 N–H and O–H groups in total. The number of amides is 5. The largest absolute Gasteiger partial charge is 0.508 e. The monoisotopic (exact) mass is 751 g/mol. The maximum absolute atomic E-state index is 13.5. The van der Waals surface area contributed by atoms with E-state index in [2.05, 4.69) is 15.5 Å². The second-order valence-electron chi connectivity index (χ2n) is 14.5. The zero-order valence-electron chi connectivity index (χ0n) is 30.3. The first-order valence-electron chi connectivity index (χ1n) is 18.2. The summed E-state index contributed by atoms with van der Waals surface area (Å²) in [6.07, 6.45) is 1.02. The van der Waals surface area contributed by atoms with Crippen LogP contribution in [0.1, 0.15) is 72.5 Å². The minimum Gasteiger partial charge on any atom is -0.508 e. The summed E-state index contributed by atoms with van der Waals surface area (Å²) in [7, 11) is 0. The zero-order valence-corrected chi connectivity index (χ0v) is 30.3. The van der Waals surface area contributed by atoms with E-state index in [1.54, 1.807) is 41.3 Å². The molecule has 0 radical (unpaired) electrons. The Morgan fingerprint density at radius 2 is 1.67 bits per heavy atom. The van der Waals surface area contributed by atoms with Crippen LogP contribution in [-0.2, 0) is 27.3 Å². The van der Waals surface area contributed by atoms with Crippen molar-refractivity contribution in [3.8, 4) is 28.6 Å². The van der Waals surface area contributed by atoms with Crippen molar-refractivity contribution in [2.24, 2.45) is 5.92 Å². The number of anilines is 1. The van der Waals surface area contributed by atoms with Gasteiger partial charge >= 0.3 is 11.8 Å². The number of benzene rings is 3. The van der Waals surface area contributed by atoms with Crippen molar-refractivity contribution >= 4 is 35.4 Å². The number of rotatable bonds is 9. The zero-order chi connectivity index (χ0) is 39.1. The summed E-state index contributed by atoms with van der Waals surface area (Å²) < 4.78 is 1.36. The quantitative estimate of drug-likeness (QED) is 0.157. The fraction of sp³-hybridized carbons (Fsp3) is 0.359. The van der Waals surface area contributed by atoms with Gasteiger partial charge in [-0.05, 0) is 79.0 Å². The summed E-state index contributed by atoms with van der Waals surface area (Å²) in [4.78, 5) is 80.3. The highest BCUT2D eigenvalue weighted by Gasteiger charge is 2.41. The van der Waals surface area contributed by atoms with Crippen LogP contribution in [0.2, 0.25) is 0 Å². The van der Waals surface area contributed by atoms with E-state index < -0.39 is 42.1 Å². The molecule has 0 saturated carbocycles. The van der Waals surface area contributed by atoms with E-state index in [1.807, 2.05) is 26.0 Å². The van der Waals surface area contributed by atoms with Gasteiger partial charge in [-0.15, -0.1) is 0 Å². The molecule has 1 aromatic heterocycles. The first kappa shape index (κ1) is 36.9. The lowest BCUT2D eigenvalue weighted by Crippen LogP contribution is -2.52. The van der Waals surface area contributed by atoms with Crippen LogP contribution in [0.5, 0.6) is 11.5 Å². The molecular weight excluding hydrogens is 710 g/mol. The van der Waals surface area contributed by atoms with E-state index in [1.165, 1.54) is 15.5 Å². The van der Waals surface area contributed by atoms with E-state index in [4.69, 9.17) is 0 Å². The highest BCUT2D eigenvalue weighted by molar-refractivity contribution is 6.07. The molecule has 4 heterocycles. The summed E-state index contributed by atoms with van der Waals surface area (Å²) in [6.45, 7) is 4.22. The number of nitrogens with one attached hydrogen (secondary N) is 2. The Hall–Kier alpha value is -6.45. The van der Waals surface area contributed by atoms with E-state index in [0.717, 1.165) is 16.9 Å². The Kier molecular flexibility index (Phi) is 9.90. The van der Waals surface area contributed by atoms with Crippen molar-refractivity contribution in [2.45, 2.75) is 64.5 Å². The fourth-order valence-corrected chi connectivity index (χ4v) is 7.77. The maximum atomic E-state index is 13.5. The molecule has 1 atom stereocenters. The van der Waals surface area contributed by atoms with Crippen molar-refractivity contribution in [3.63, 3.8) is 0 Å². The minimum absolute atomic E-state index is 0.0257. The van der Waals surface area contributed by atoms with Gasteiger partial charge in [0.1, 0.15) is 24.1 Å². The third-order valence-corrected chi connectivity index (χ3v) is 10.7. The van der Waals surface area contributed by atoms with Crippen molar-refractivity contribution in [3.05, 3.63) is 87.3 Å². The maximum Gasteiger partial charge on any atom is 0.412 e. The van der Waals surface area contributed by atoms with Gasteiger partial charge in [-0.25, -0.2) is 19.3 Å². The smallest absolute Gasteiger partial charge is 0.412 e. The van der Waals surface area contributed by atoms with Gasteiger partial charge in [-0.3, -0.25) is 29.4 Å². The number of fused-ring (bicyclic) bond motifs is 1. The molecule has 7 rings (SSSR count). The molecule has 55 heavy (non-hydrogen) atoms. The van der Waals surface area contributed by atoms with E-state index in [-0.39, 0.29) is 65.7 Å². The number of hydrogen-bond acceptors (Lipinski definition) is 9. The second-order valence-corrected chi connectivity index (χ2v) is 14.5. The van der Waals surface area contributed by atoms with Crippen LogP contribution in [0, 0.1) is 5.92 Å². The second kappa shape index (κ2) is 14.8. The lowest BCUT2D eigenvalue weighted by molar-refractivity contribution is -0.137. The number of H-pyrrole nitrogens is 1. The van der Waals surface area contributed by atoms with E-state index in [0.29, 0.717) is 48.3 Å². The van der Waals surface area contributed by atoms with Crippen LogP contribution < -0.4 is 15.9 Å². The number of phenols is 2. The molecule has 3 aromatic carbocycles. The fourth-order valence-electron chi connectivity index (χ4n) is 7.77. The lowest BCUT2D eigenvalue weighted by Gasteiger charge is -2.33. The molecule has 2 fully saturated rings. The Bertz CT molecular complexity index is 2250. The number of carbonyl (C=O) groups is 5. The standard InChI is InChI=1S/C39H41N7O9/c1-21(2)26-17-27(32(48)18-31(26)47)35-41-42-38(53)46(35)24-8-6-22(7-9-24)16-23-12-14-43(15-13-23)34(50)20-45(39(54)55)29-5-3-4-25-28(29)19-44(37(25)52)30-10-11-33(49)40-36(30)51/h3-9,17-18,21,23,30,47-48H,10-16,19-20H2,1-2H3,(H,42,53)(H,54,55)(H,40,49,51). The van der Waals surface area contributed by atoms with Gasteiger partial charge in [0.05, 0.1) is 16.9 Å². The van der Waals surface area contributed by atoms with Crippen molar-refractivity contribution in [2.75, 3.05) is 24.5 Å². The van der Waals surface area contributed by atoms with E-state index >= 15 is 0 Å². The van der Waals surface area contributed by atoms with Crippen LogP contribution in [0.3, 0.4) is 0 Å². The molecule has 2 saturated heterocycles. The molecule has 286 valence electrons. The van der Waals surface area contributed by atoms with Crippen molar-refractivity contribution < 1.29 is 39.3 Å². The highest BCUT2D eigenvalue weighted by Crippen LogP contribution is 2.38. The topological polar surface area (TPSA) is 218 Å². The molecular formula is C39H41N7O9. The normalized spacial score (nSPS) is 17.4. The van der Waals surface area contributed by atoms with Crippen LogP contribution in [0.15, 0.2) is 59.4 Å². The summed E-state index contributed by atoms with van der Waals surface area (Å²) >= 11 is 0. The average Bonchev–Trinajstić information content (AvgIpc) is 3.70. The predicted octanol–water partition coefficient (Wildman–Crippen LogP) is 3.49. The van der Waals surface area contributed by atoms with Crippen LogP contribution in [0.4, 0.5) is 10.5 Å². The molecule has 16 nitrogen and oxygen atoms in total. The van der Waals surface area contributed by atoms with Gasteiger partial charge in [-0.1, -0.05) is 32.0 Å². The van der Waals surface area contributed by atoms with Crippen LogP contribution in [-0.4, -0.2) is 95.3 Å². The number of hydrogen-bond donors (Lipinski definition) is 5. The number of piperidine rings is 2. The van der Waals surface area contributed by atoms with Crippen LogP contribution in [0.25, 0.3) is 17.1 Å². The van der Waals surface area contributed by atoms with Crippen molar-refractivity contribution in [1.82, 2.24) is 29.9 Å². The SMILES string of the molecule is CC(C)c1cc(-c2n[nH]c(=O)n2-c2ccc(CC3CCN(C(=O)CN(C(=O)O)c4cccc5c4CN(C4CCC(=O)NC4=O)C5=O)CC3)cc2)c(O)cc1O. The molecule has 0 bridgehead atoms. The number of carbonyl (C=O) groups excluding carboxylic acids is 4. The van der Waals surface area contributed by atoms with Crippen LogP contribution >= 0.6 is 0 Å². The molecule has 5 amide bonds. The number of aromatic amines is 1. The molecule has 16 heteroatoms. The number of phenolic OH excluding ortho intramolecular Hbond substituents is 2. The summed E-state index contributed by atoms with van der Waals surface area (Å²) in [6, 6.07) is 14.1. The number of aromatic hydroxyl groups is 2. The summed E-state index contributed by atoms with van der Waals surface area (Å²) in [5.74, 6) is -1.61. The first-order valence-corrected chi connectivity index (χ1v) is 18.2. The molecule has 3 aliphatic heterocycles. The molecule has 0 spiro atoms. The van der Waals surface area contributed by atoms with E-state index in [9.17, 15) is 44.1 Å². The molecule has 0 aliphatic carbocycles. The van der Waals surface area contributed by atoms with Gasteiger partial charge in [0.2, 0.25) is 17.7 Å². The molecule has 4 aromatic rings. The van der Waals surface area contributed by atoms with Gasteiger partial charge in [-0.2, -0.15) is 5.10 Å². The van der Waals surface area contributed by atoms with Gasteiger partial charge in [0.25, 0.3) is 5.91 Å². The minimum atomic E-state index is -1.35. The summed E-state index contributed by atoms with van der Waals surface area (Å²) in [5.41, 5.74) is 2.84. The Morgan fingerprint density at radius 1 is 0.945 bits per heavy atom. The van der Waals surface area contributed by atoms with Gasteiger partial charge < -0.3 is 25.1 Å². The van der Waals surface area contributed by atoms with Crippen molar-refractivity contribution in [1.29, 1.82) is 0 Å². The number of nitrogens with zero attached hydrogens (tertiary/aromatic N) is 5. The van der Waals surface area contributed by atoms with Gasteiger partial charge in [0, 0.05) is 43.2 Å². The molecule has 1 unspecified atom stereocenters. The Balaban J connectivity index is 0.982. The third kappa shape index (κ3) is 7.14. The summed E-state index contributed by atoms with van der Waals surface area (Å²) in [5, 5.41) is 40.0. The third-order valence-electron chi connectivity index (χ3n) is 10.7. The number of imide groups is 1. The number of aromatic nitrogens is 3. The number of carboxylic acid groups (broad SMARTS) is 1. The first-order chi connectivity index (χ1) is 26.3. The Morgan fingerprint density at radius 3 is 2.35 bits per heavy atom. The Labute approximate surface area is 315 Å². The lowest BCUT2D eigenvalue weighted by atomic mass is 9.90. The average molecular weight is 752 g/mol. The van der Waals surface area contributed by atoms with Gasteiger partial charge in [0.15, 0.2) is 5.82 Å². The number of likely N-dealkylation sites (tertiary alicyclic amines) is 1. The predicted molar refractivity (Wildman–Crippen MR) is 198 cm³/mol.